The molecule has 0 atom stereocenters. The van der Waals surface area contributed by atoms with Crippen LogP contribution in [0.25, 0.3) is 0 Å². The third-order valence-corrected chi connectivity index (χ3v) is 5.14. The molecule has 0 amide bonds. The highest BCUT2D eigenvalue weighted by molar-refractivity contribution is 9.10. The fourth-order valence-electron chi connectivity index (χ4n) is 3.46. The predicted molar refractivity (Wildman–Crippen MR) is 76.4 cm³/mol. The van der Waals surface area contributed by atoms with Crippen molar-refractivity contribution in [3.63, 3.8) is 0 Å². The fraction of sp³-hybridized carbons (Fsp3) is 0.600. The first-order valence-corrected chi connectivity index (χ1v) is 7.68. The van der Waals surface area contributed by atoms with Gasteiger partial charge in [0, 0.05) is 23.0 Å². The molecule has 0 unspecified atom stereocenters. The minimum Gasteiger partial charge on any atom is -0.369 e. The molecule has 2 fully saturated rings. The van der Waals surface area contributed by atoms with Gasteiger partial charge in [0.05, 0.1) is 5.69 Å². The highest BCUT2D eigenvalue weighted by Gasteiger charge is 2.43. The number of rotatable bonds is 1. The molecule has 1 saturated carbocycles. The summed E-state index contributed by atoms with van der Waals surface area (Å²) >= 11 is 3.53. The maximum Gasteiger partial charge on any atom is 0.125 e. The lowest BCUT2D eigenvalue weighted by Crippen LogP contribution is -2.56. The number of hydrogen-bond acceptors (Lipinski definition) is 1. The van der Waals surface area contributed by atoms with E-state index in [2.05, 4.69) is 20.8 Å². The molecule has 1 aliphatic heterocycles. The second-order valence-corrected chi connectivity index (χ2v) is 6.72. The summed E-state index contributed by atoms with van der Waals surface area (Å²) in [5.41, 5.74) is 1.55. The zero-order valence-corrected chi connectivity index (χ0v) is 12.2. The van der Waals surface area contributed by atoms with Gasteiger partial charge in [-0.1, -0.05) is 25.7 Å². The van der Waals surface area contributed by atoms with E-state index < -0.39 is 0 Å². The van der Waals surface area contributed by atoms with E-state index in [0.717, 1.165) is 23.2 Å². The molecule has 1 saturated heterocycles. The van der Waals surface area contributed by atoms with Crippen LogP contribution in [-0.2, 0) is 0 Å². The van der Waals surface area contributed by atoms with E-state index in [9.17, 15) is 4.39 Å². The molecule has 98 valence electrons. The molecule has 0 N–H and O–H groups in total. The van der Waals surface area contributed by atoms with Crippen LogP contribution in [0.1, 0.15) is 38.5 Å². The molecule has 0 radical (unpaired) electrons. The summed E-state index contributed by atoms with van der Waals surface area (Å²) in [7, 11) is 0. The zero-order chi connectivity index (χ0) is 12.6. The maximum atomic E-state index is 13.3. The van der Waals surface area contributed by atoms with Crippen molar-refractivity contribution in [1.29, 1.82) is 0 Å². The molecule has 3 rings (SSSR count). The quantitative estimate of drug-likeness (QED) is 0.723. The first-order valence-electron chi connectivity index (χ1n) is 6.89. The summed E-state index contributed by atoms with van der Waals surface area (Å²) in [6.07, 6.45) is 8.25. The smallest absolute Gasteiger partial charge is 0.125 e. The van der Waals surface area contributed by atoms with Gasteiger partial charge in [-0.25, -0.2) is 4.39 Å². The van der Waals surface area contributed by atoms with E-state index in [1.165, 1.54) is 44.6 Å². The van der Waals surface area contributed by atoms with Crippen LogP contribution >= 0.6 is 15.9 Å². The van der Waals surface area contributed by atoms with Crippen LogP contribution in [0.3, 0.4) is 0 Å². The fourth-order valence-corrected chi connectivity index (χ4v) is 3.95. The molecule has 1 heterocycles. The summed E-state index contributed by atoms with van der Waals surface area (Å²) in [5, 5.41) is 0. The maximum absolute atomic E-state index is 13.3. The number of anilines is 1. The first kappa shape index (κ1) is 12.5. The van der Waals surface area contributed by atoms with Crippen molar-refractivity contribution in [2.24, 2.45) is 5.41 Å². The Labute approximate surface area is 116 Å². The van der Waals surface area contributed by atoms with Gasteiger partial charge in [0.1, 0.15) is 5.82 Å². The lowest BCUT2D eigenvalue weighted by atomic mass is 9.73. The summed E-state index contributed by atoms with van der Waals surface area (Å²) in [6, 6.07) is 4.96. The predicted octanol–water partition coefficient (Wildman–Crippen LogP) is 4.75. The first-order chi connectivity index (χ1) is 8.69. The molecular formula is C15H19BrFN. The Morgan fingerprint density at radius 2 is 1.72 bits per heavy atom. The van der Waals surface area contributed by atoms with Crippen LogP contribution in [0.4, 0.5) is 10.1 Å². The lowest BCUT2D eigenvalue weighted by Gasteiger charge is -2.52. The zero-order valence-electron chi connectivity index (χ0n) is 10.6. The third-order valence-electron chi connectivity index (χ3n) is 4.47. The number of hydrogen-bond donors (Lipinski definition) is 0. The minimum absolute atomic E-state index is 0.144. The minimum atomic E-state index is -0.144. The van der Waals surface area contributed by atoms with Crippen molar-refractivity contribution >= 4 is 21.6 Å². The van der Waals surface area contributed by atoms with Crippen molar-refractivity contribution in [3.8, 4) is 0 Å². The summed E-state index contributed by atoms with van der Waals surface area (Å²) < 4.78 is 14.3. The van der Waals surface area contributed by atoms with E-state index in [0.29, 0.717) is 5.41 Å². The van der Waals surface area contributed by atoms with Gasteiger partial charge in [0.25, 0.3) is 0 Å². The molecule has 0 bridgehead atoms. The summed E-state index contributed by atoms with van der Waals surface area (Å²) in [6.45, 7) is 2.21. The van der Waals surface area contributed by atoms with E-state index in [4.69, 9.17) is 0 Å². The number of benzene rings is 1. The number of halogens is 2. The van der Waals surface area contributed by atoms with Gasteiger partial charge in [-0.15, -0.1) is 0 Å². The standard InChI is InChI=1S/C15H19BrFN/c16-13-6-5-12(17)9-14(13)18-10-15(11-18)7-3-1-2-4-8-15/h5-6,9H,1-4,7-8,10-11H2. The summed E-state index contributed by atoms with van der Waals surface area (Å²) in [5.74, 6) is -0.144. The van der Waals surface area contributed by atoms with Crippen LogP contribution in [0.15, 0.2) is 22.7 Å². The van der Waals surface area contributed by atoms with E-state index in [-0.39, 0.29) is 5.82 Å². The topological polar surface area (TPSA) is 3.24 Å². The van der Waals surface area contributed by atoms with Crippen molar-refractivity contribution in [3.05, 3.63) is 28.5 Å². The van der Waals surface area contributed by atoms with Gasteiger partial charge < -0.3 is 4.90 Å². The lowest BCUT2D eigenvalue weighted by molar-refractivity contribution is 0.180. The Bertz CT molecular complexity index is 430. The van der Waals surface area contributed by atoms with Crippen molar-refractivity contribution in [2.45, 2.75) is 38.5 Å². The Morgan fingerprint density at radius 1 is 1.06 bits per heavy atom. The Morgan fingerprint density at radius 3 is 2.39 bits per heavy atom. The average Bonchev–Trinajstić information content (AvgIpc) is 2.56. The highest BCUT2D eigenvalue weighted by atomic mass is 79.9. The molecule has 1 aromatic carbocycles. The van der Waals surface area contributed by atoms with Crippen LogP contribution in [0.5, 0.6) is 0 Å². The van der Waals surface area contributed by atoms with Gasteiger partial charge in [0.15, 0.2) is 0 Å². The average molecular weight is 312 g/mol. The normalized spacial score (nSPS) is 22.7. The summed E-state index contributed by atoms with van der Waals surface area (Å²) in [4.78, 5) is 2.32. The van der Waals surface area contributed by atoms with E-state index >= 15 is 0 Å². The second-order valence-electron chi connectivity index (χ2n) is 5.87. The van der Waals surface area contributed by atoms with Crippen LogP contribution in [0, 0.1) is 11.2 Å². The van der Waals surface area contributed by atoms with Crippen LogP contribution in [-0.4, -0.2) is 13.1 Å². The highest BCUT2D eigenvalue weighted by Crippen LogP contribution is 2.45. The van der Waals surface area contributed by atoms with Gasteiger partial charge in [-0.2, -0.15) is 0 Å². The van der Waals surface area contributed by atoms with E-state index in [1.54, 1.807) is 6.07 Å². The molecule has 3 heteroatoms. The Kier molecular flexibility index (Phi) is 3.35. The molecule has 18 heavy (non-hydrogen) atoms. The molecular weight excluding hydrogens is 293 g/mol. The molecule has 0 aromatic heterocycles. The van der Waals surface area contributed by atoms with Gasteiger partial charge in [-0.3, -0.25) is 0 Å². The molecule has 1 nitrogen and oxygen atoms in total. The van der Waals surface area contributed by atoms with Crippen molar-refractivity contribution < 1.29 is 4.39 Å². The van der Waals surface area contributed by atoms with E-state index in [1.807, 2.05) is 6.07 Å². The monoisotopic (exact) mass is 311 g/mol. The van der Waals surface area contributed by atoms with Crippen molar-refractivity contribution in [1.82, 2.24) is 0 Å². The Hall–Kier alpha value is -0.570. The van der Waals surface area contributed by atoms with Gasteiger partial charge in [0.2, 0.25) is 0 Å². The third kappa shape index (κ3) is 2.29. The Balaban J connectivity index is 1.72. The number of nitrogens with zero attached hydrogens (tertiary/aromatic N) is 1. The molecule has 2 aliphatic rings. The second kappa shape index (κ2) is 4.84. The van der Waals surface area contributed by atoms with Crippen LogP contribution < -0.4 is 4.90 Å². The molecule has 1 spiro atoms. The largest absolute Gasteiger partial charge is 0.369 e. The van der Waals surface area contributed by atoms with Gasteiger partial charge >= 0.3 is 0 Å². The SMILES string of the molecule is Fc1ccc(Br)c(N2CC3(CCCCCC3)C2)c1. The molecule has 1 aromatic rings. The van der Waals surface area contributed by atoms with Crippen LogP contribution in [0.2, 0.25) is 0 Å². The van der Waals surface area contributed by atoms with Crippen molar-refractivity contribution in [2.75, 3.05) is 18.0 Å². The molecule has 1 aliphatic carbocycles. The van der Waals surface area contributed by atoms with Gasteiger partial charge in [-0.05, 0) is 47.0 Å².